The monoisotopic (exact) mass is 479 g/mol. The number of carbonyl (C=O) groups excluding carboxylic acids is 3. The molecule has 26 heavy (non-hydrogen) atoms. The van der Waals surface area contributed by atoms with Crippen LogP contribution in [0.3, 0.4) is 0 Å². The zero-order valence-electron chi connectivity index (χ0n) is 13.8. The van der Waals surface area contributed by atoms with Crippen molar-refractivity contribution in [1.29, 1.82) is 0 Å². The van der Waals surface area contributed by atoms with E-state index in [0.717, 1.165) is 8.95 Å². The summed E-state index contributed by atoms with van der Waals surface area (Å²) in [6.45, 7) is 1.81. The lowest BCUT2D eigenvalue weighted by Gasteiger charge is -2.27. The predicted octanol–water partition coefficient (Wildman–Crippen LogP) is 4.05. The highest BCUT2D eigenvalue weighted by Gasteiger charge is 2.53. The van der Waals surface area contributed by atoms with Crippen LogP contribution in [0.4, 0.5) is 5.69 Å². The fourth-order valence-corrected chi connectivity index (χ4v) is 3.55. The molecule has 2 aromatic carbocycles. The number of amides is 1. The SMILES string of the molecule is CCOC(=O)C1C(=O)C(=O)N(c2ccc(Br)cc2)C1c1ccc(Br)cc1. The van der Waals surface area contributed by atoms with Crippen molar-refractivity contribution in [2.24, 2.45) is 5.92 Å². The number of esters is 1. The Balaban J connectivity index is 2.12. The minimum absolute atomic E-state index is 0.141. The first kappa shape index (κ1) is 18.8. The smallest absolute Gasteiger partial charge is 0.319 e. The number of anilines is 1. The van der Waals surface area contributed by atoms with Crippen LogP contribution in [0.1, 0.15) is 18.5 Å². The first-order valence-corrected chi connectivity index (χ1v) is 9.57. The van der Waals surface area contributed by atoms with Gasteiger partial charge in [-0.3, -0.25) is 19.3 Å². The van der Waals surface area contributed by atoms with Crippen molar-refractivity contribution in [3.8, 4) is 0 Å². The van der Waals surface area contributed by atoms with Crippen molar-refractivity contribution in [3.63, 3.8) is 0 Å². The van der Waals surface area contributed by atoms with Gasteiger partial charge >= 0.3 is 5.97 Å². The average Bonchev–Trinajstić information content (AvgIpc) is 2.88. The number of ether oxygens (including phenoxy) is 1. The average molecular weight is 481 g/mol. The predicted molar refractivity (Wildman–Crippen MR) is 104 cm³/mol. The third-order valence-corrected chi connectivity index (χ3v) is 5.22. The van der Waals surface area contributed by atoms with Gasteiger partial charge in [0.05, 0.1) is 12.6 Å². The minimum atomic E-state index is -1.19. The highest BCUT2D eigenvalue weighted by molar-refractivity contribution is 9.10. The Bertz CT molecular complexity index is 849. The molecule has 1 heterocycles. The molecule has 1 fully saturated rings. The molecule has 0 spiro atoms. The molecule has 0 N–H and O–H groups in total. The highest BCUT2D eigenvalue weighted by Crippen LogP contribution is 2.40. The van der Waals surface area contributed by atoms with Crippen LogP contribution in [0.2, 0.25) is 0 Å². The number of ketones is 1. The van der Waals surface area contributed by atoms with E-state index in [4.69, 9.17) is 4.74 Å². The van der Waals surface area contributed by atoms with Gasteiger partial charge < -0.3 is 4.74 Å². The number of halogens is 2. The van der Waals surface area contributed by atoms with Crippen molar-refractivity contribution in [2.75, 3.05) is 11.5 Å². The largest absolute Gasteiger partial charge is 0.465 e. The van der Waals surface area contributed by atoms with Crippen molar-refractivity contribution in [2.45, 2.75) is 13.0 Å². The molecule has 1 aliphatic rings. The van der Waals surface area contributed by atoms with E-state index in [2.05, 4.69) is 31.9 Å². The zero-order chi connectivity index (χ0) is 18.8. The van der Waals surface area contributed by atoms with Crippen molar-refractivity contribution >= 4 is 55.2 Å². The molecule has 3 rings (SSSR count). The summed E-state index contributed by atoms with van der Waals surface area (Å²) in [7, 11) is 0. The molecule has 5 nitrogen and oxygen atoms in total. The first-order valence-electron chi connectivity index (χ1n) is 7.99. The summed E-state index contributed by atoms with van der Waals surface area (Å²) in [6.07, 6.45) is 0. The standard InChI is InChI=1S/C19H15Br2NO4/c1-2-26-19(25)15-16(11-3-5-12(20)6-4-11)22(18(24)17(15)23)14-9-7-13(21)8-10-14/h3-10,15-16H,2H2,1H3. The second kappa shape index (κ2) is 7.72. The van der Waals surface area contributed by atoms with E-state index < -0.39 is 29.6 Å². The fraction of sp³-hybridized carbons (Fsp3) is 0.211. The summed E-state index contributed by atoms with van der Waals surface area (Å²) in [4.78, 5) is 39.1. The highest BCUT2D eigenvalue weighted by atomic mass is 79.9. The van der Waals surface area contributed by atoms with E-state index in [9.17, 15) is 14.4 Å². The quantitative estimate of drug-likeness (QED) is 0.376. The molecule has 1 saturated heterocycles. The number of carbonyl (C=O) groups is 3. The minimum Gasteiger partial charge on any atom is -0.465 e. The molecule has 7 heteroatoms. The van der Waals surface area contributed by atoms with Crippen molar-refractivity contribution < 1.29 is 19.1 Å². The normalized spacial score (nSPS) is 19.7. The molecule has 2 atom stereocenters. The van der Waals surface area contributed by atoms with E-state index in [1.807, 2.05) is 12.1 Å². The lowest BCUT2D eigenvalue weighted by atomic mass is 9.93. The first-order chi connectivity index (χ1) is 12.4. The molecular formula is C19H15Br2NO4. The summed E-state index contributed by atoms with van der Waals surface area (Å²) < 4.78 is 6.78. The van der Waals surface area contributed by atoms with Gasteiger partial charge in [0.25, 0.3) is 5.91 Å². The number of benzene rings is 2. The van der Waals surface area contributed by atoms with Crippen LogP contribution in [0.15, 0.2) is 57.5 Å². The van der Waals surface area contributed by atoms with Crippen LogP contribution < -0.4 is 4.90 Å². The van der Waals surface area contributed by atoms with Gasteiger partial charge in [0.1, 0.15) is 5.92 Å². The van der Waals surface area contributed by atoms with Crippen LogP contribution >= 0.6 is 31.9 Å². The van der Waals surface area contributed by atoms with Crippen molar-refractivity contribution in [3.05, 3.63) is 63.0 Å². The van der Waals surface area contributed by atoms with E-state index in [1.165, 1.54) is 4.90 Å². The summed E-state index contributed by atoms with van der Waals surface area (Å²) in [6, 6.07) is 13.5. The van der Waals surface area contributed by atoms with Gasteiger partial charge in [0.2, 0.25) is 5.78 Å². The van der Waals surface area contributed by atoms with Gasteiger partial charge in [0.15, 0.2) is 0 Å². The lowest BCUT2D eigenvalue weighted by molar-refractivity contribution is -0.152. The zero-order valence-corrected chi connectivity index (χ0v) is 17.0. The van der Waals surface area contributed by atoms with Crippen LogP contribution in [-0.4, -0.2) is 24.3 Å². The van der Waals surface area contributed by atoms with Crippen LogP contribution in [0.5, 0.6) is 0 Å². The van der Waals surface area contributed by atoms with Crippen LogP contribution in [0.25, 0.3) is 0 Å². The van der Waals surface area contributed by atoms with Gasteiger partial charge in [-0.1, -0.05) is 44.0 Å². The summed E-state index contributed by atoms with van der Waals surface area (Å²) in [5.41, 5.74) is 1.24. The van der Waals surface area contributed by atoms with E-state index in [0.29, 0.717) is 11.3 Å². The summed E-state index contributed by atoms with van der Waals surface area (Å²) in [5, 5.41) is 0. The maximum absolute atomic E-state index is 12.7. The maximum atomic E-state index is 12.7. The molecule has 1 aliphatic heterocycles. The Morgan fingerprint density at radius 2 is 1.54 bits per heavy atom. The molecule has 0 bridgehead atoms. The Labute approximate surface area is 167 Å². The molecular weight excluding hydrogens is 466 g/mol. The lowest BCUT2D eigenvalue weighted by Crippen LogP contribution is -2.31. The van der Waals surface area contributed by atoms with Gasteiger partial charge in [-0.15, -0.1) is 0 Å². The van der Waals surface area contributed by atoms with E-state index in [-0.39, 0.29) is 6.61 Å². The second-order valence-corrected chi connectivity index (χ2v) is 7.57. The Hall–Kier alpha value is -1.99. The summed E-state index contributed by atoms with van der Waals surface area (Å²) in [5.74, 6) is -3.33. The molecule has 0 aromatic heterocycles. The number of hydrogen-bond donors (Lipinski definition) is 0. The number of Topliss-reactive ketones (excluding diaryl/α,β-unsaturated/α-hetero) is 1. The molecule has 134 valence electrons. The van der Waals surface area contributed by atoms with Crippen LogP contribution in [-0.2, 0) is 19.1 Å². The van der Waals surface area contributed by atoms with E-state index >= 15 is 0 Å². The summed E-state index contributed by atoms with van der Waals surface area (Å²) >= 11 is 6.73. The number of nitrogens with zero attached hydrogens (tertiary/aromatic N) is 1. The molecule has 0 saturated carbocycles. The molecule has 0 aliphatic carbocycles. The van der Waals surface area contributed by atoms with Crippen LogP contribution in [0, 0.1) is 5.92 Å². The van der Waals surface area contributed by atoms with Gasteiger partial charge in [0, 0.05) is 14.6 Å². The Kier molecular flexibility index (Phi) is 5.58. The van der Waals surface area contributed by atoms with Gasteiger partial charge in [-0.25, -0.2) is 0 Å². The topological polar surface area (TPSA) is 63.7 Å². The van der Waals surface area contributed by atoms with Gasteiger partial charge in [-0.05, 0) is 48.9 Å². The fourth-order valence-electron chi connectivity index (χ4n) is 3.02. The maximum Gasteiger partial charge on any atom is 0.319 e. The Morgan fingerprint density at radius 1 is 1.00 bits per heavy atom. The van der Waals surface area contributed by atoms with Gasteiger partial charge in [-0.2, -0.15) is 0 Å². The third-order valence-electron chi connectivity index (χ3n) is 4.16. The molecule has 0 radical (unpaired) electrons. The number of hydrogen-bond acceptors (Lipinski definition) is 4. The number of rotatable bonds is 4. The second-order valence-electron chi connectivity index (χ2n) is 5.74. The van der Waals surface area contributed by atoms with Crippen molar-refractivity contribution in [1.82, 2.24) is 0 Å². The molecule has 1 amide bonds. The van der Waals surface area contributed by atoms with E-state index in [1.54, 1.807) is 43.3 Å². The molecule has 2 aromatic rings. The third kappa shape index (κ3) is 3.46. The molecule has 2 unspecified atom stereocenters. The Morgan fingerprint density at radius 3 is 2.08 bits per heavy atom.